The van der Waals surface area contributed by atoms with Crippen LogP contribution in [-0.2, 0) is 4.79 Å². The first kappa shape index (κ1) is 22.8. The number of carbonyl (C=O) groups is 1. The van der Waals surface area contributed by atoms with Crippen molar-refractivity contribution in [3.05, 3.63) is 70.3 Å². The molecule has 0 radical (unpaired) electrons. The van der Waals surface area contributed by atoms with Crippen molar-refractivity contribution in [2.75, 3.05) is 37.7 Å². The molecule has 0 saturated carbocycles. The summed E-state index contributed by atoms with van der Waals surface area (Å²) < 4.78 is 5.89. The standard InChI is InChI=1S/C27H32N4O2/c1-18-6-7-23(20(3)14-18)24-8-9-25(29-28-24)30-10-12-31(13-11-30)26(32)17-33-27-21(4)15-19(2)16-22(27)5/h6-9,14-16H,10-13,17H2,1-5H3. The number of nitrogens with zero attached hydrogens (tertiary/aromatic N) is 4. The van der Waals surface area contributed by atoms with Crippen molar-refractivity contribution in [1.29, 1.82) is 0 Å². The molecule has 33 heavy (non-hydrogen) atoms. The van der Waals surface area contributed by atoms with Gasteiger partial charge in [-0.3, -0.25) is 4.79 Å². The summed E-state index contributed by atoms with van der Waals surface area (Å²) >= 11 is 0. The maximum absolute atomic E-state index is 12.7. The van der Waals surface area contributed by atoms with Gasteiger partial charge in [0, 0.05) is 31.7 Å². The molecule has 6 nitrogen and oxygen atoms in total. The zero-order valence-electron chi connectivity index (χ0n) is 20.2. The largest absolute Gasteiger partial charge is 0.483 e. The van der Waals surface area contributed by atoms with Crippen molar-refractivity contribution in [2.45, 2.75) is 34.6 Å². The van der Waals surface area contributed by atoms with Crippen molar-refractivity contribution >= 4 is 11.7 Å². The number of benzene rings is 2. The monoisotopic (exact) mass is 444 g/mol. The van der Waals surface area contributed by atoms with Crippen LogP contribution in [0.1, 0.15) is 27.8 Å². The predicted molar refractivity (Wildman–Crippen MR) is 132 cm³/mol. The summed E-state index contributed by atoms with van der Waals surface area (Å²) in [5.41, 5.74) is 7.74. The summed E-state index contributed by atoms with van der Waals surface area (Å²) in [5.74, 6) is 1.68. The zero-order chi connectivity index (χ0) is 23.5. The van der Waals surface area contributed by atoms with Gasteiger partial charge in [-0.15, -0.1) is 10.2 Å². The van der Waals surface area contributed by atoms with Gasteiger partial charge in [0.05, 0.1) is 5.69 Å². The second-order valence-electron chi connectivity index (χ2n) is 8.98. The number of anilines is 1. The summed E-state index contributed by atoms with van der Waals surface area (Å²) in [6.07, 6.45) is 0. The van der Waals surface area contributed by atoms with E-state index in [4.69, 9.17) is 4.74 Å². The number of ether oxygens (including phenoxy) is 1. The van der Waals surface area contributed by atoms with Gasteiger partial charge in [-0.2, -0.15) is 0 Å². The third-order valence-electron chi connectivity index (χ3n) is 6.21. The average molecular weight is 445 g/mol. The van der Waals surface area contributed by atoms with Crippen LogP contribution in [0.3, 0.4) is 0 Å². The Balaban J connectivity index is 1.32. The van der Waals surface area contributed by atoms with Crippen molar-refractivity contribution < 1.29 is 9.53 Å². The third-order valence-corrected chi connectivity index (χ3v) is 6.21. The van der Waals surface area contributed by atoms with E-state index in [9.17, 15) is 4.79 Å². The first-order valence-corrected chi connectivity index (χ1v) is 11.5. The normalized spacial score (nSPS) is 13.8. The highest BCUT2D eigenvalue weighted by molar-refractivity contribution is 5.78. The SMILES string of the molecule is Cc1ccc(-c2ccc(N3CCN(C(=O)COc4c(C)cc(C)cc4C)CC3)nn2)c(C)c1. The number of aryl methyl sites for hydroxylation is 5. The lowest BCUT2D eigenvalue weighted by Gasteiger charge is -2.35. The first-order chi connectivity index (χ1) is 15.8. The van der Waals surface area contributed by atoms with Gasteiger partial charge in [0.15, 0.2) is 12.4 Å². The van der Waals surface area contributed by atoms with Gasteiger partial charge in [-0.05, 0) is 63.4 Å². The Morgan fingerprint density at radius 2 is 1.48 bits per heavy atom. The van der Waals surface area contributed by atoms with E-state index < -0.39 is 0 Å². The lowest BCUT2D eigenvalue weighted by Crippen LogP contribution is -2.50. The number of amides is 1. The number of carbonyl (C=O) groups excluding carboxylic acids is 1. The van der Waals surface area contributed by atoms with E-state index in [1.165, 1.54) is 16.7 Å². The van der Waals surface area contributed by atoms with Crippen LogP contribution >= 0.6 is 0 Å². The highest BCUT2D eigenvalue weighted by Gasteiger charge is 2.23. The highest BCUT2D eigenvalue weighted by Crippen LogP contribution is 2.25. The molecule has 1 fully saturated rings. The van der Waals surface area contributed by atoms with E-state index in [1.54, 1.807) is 0 Å². The summed E-state index contributed by atoms with van der Waals surface area (Å²) in [6, 6.07) is 14.6. The fraction of sp³-hybridized carbons (Fsp3) is 0.370. The Bertz CT molecular complexity index is 1130. The minimum absolute atomic E-state index is 0.0188. The van der Waals surface area contributed by atoms with Crippen LogP contribution in [0.25, 0.3) is 11.3 Å². The van der Waals surface area contributed by atoms with Crippen molar-refractivity contribution in [3.8, 4) is 17.0 Å². The fourth-order valence-electron chi connectivity index (χ4n) is 4.54. The minimum atomic E-state index is 0.0188. The van der Waals surface area contributed by atoms with Crippen molar-refractivity contribution in [1.82, 2.24) is 15.1 Å². The summed E-state index contributed by atoms with van der Waals surface area (Å²) in [5, 5.41) is 8.92. The van der Waals surface area contributed by atoms with E-state index in [0.717, 1.165) is 47.0 Å². The Labute approximate surface area is 196 Å². The molecule has 0 N–H and O–H groups in total. The molecule has 4 rings (SSSR count). The molecule has 3 aromatic rings. The van der Waals surface area contributed by atoms with Gasteiger partial charge in [-0.25, -0.2) is 0 Å². The molecule has 172 valence electrons. The molecule has 0 bridgehead atoms. The number of aromatic nitrogens is 2. The summed E-state index contributed by atoms with van der Waals surface area (Å²) in [6.45, 7) is 13.1. The van der Waals surface area contributed by atoms with Gasteiger partial charge in [0.1, 0.15) is 5.75 Å². The van der Waals surface area contributed by atoms with Gasteiger partial charge >= 0.3 is 0 Å². The lowest BCUT2D eigenvalue weighted by molar-refractivity contribution is -0.133. The van der Waals surface area contributed by atoms with Crippen LogP contribution in [0.2, 0.25) is 0 Å². The predicted octanol–water partition coefficient (Wildman–Crippen LogP) is 4.41. The number of rotatable bonds is 5. The topological polar surface area (TPSA) is 58.6 Å². The third kappa shape index (κ3) is 5.16. The molecule has 0 spiro atoms. The van der Waals surface area contributed by atoms with E-state index in [2.05, 4.69) is 66.2 Å². The quantitative estimate of drug-likeness (QED) is 0.583. The molecule has 6 heteroatoms. The summed E-state index contributed by atoms with van der Waals surface area (Å²) in [4.78, 5) is 16.8. The maximum Gasteiger partial charge on any atom is 0.260 e. The average Bonchev–Trinajstić information content (AvgIpc) is 2.78. The van der Waals surface area contributed by atoms with Crippen LogP contribution in [0, 0.1) is 34.6 Å². The van der Waals surface area contributed by atoms with Crippen molar-refractivity contribution in [3.63, 3.8) is 0 Å². The second-order valence-corrected chi connectivity index (χ2v) is 8.98. The first-order valence-electron chi connectivity index (χ1n) is 11.5. The molecule has 1 aliphatic rings. The highest BCUT2D eigenvalue weighted by atomic mass is 16.5. The molecular formula is C27H32N4O2. The Morgan fingerprint density at radius 3 is 2.09 bits per heavy atom. The molecule has 1 aliphatic heterocycles. The van der Waals surface area contributed by atoms with E-state index in [0.29, 0.717) is 13.1 Å². The second kappa shape index (κ2) is 9.61. The minimum Gasteiger partial charge on any atom is -0.483 e. The van der Waals surface area contributed by atoms with Gasteiger partial charge in [0.2, 0.25) is 0 Å². The van der Waals surface area contributed by atoms with E-state index in [-0.39, 0.29) is 12.5 Å². The smallest absolute Gasteiger partial charge is 0.260 e. The Morgan fingerprint density at radius 1 is 0.818 bits per heavy atom. The van der Waals surface area contributed by atoms with Crippen molar-refractivity contribution in [2.24, 2.45) is 0 Å². The molecule has 0 atom stereocenters. The van der Waals surface area contributed by atoms with Gasteiger partial charge in [-0.1, -0.05) is 41.5 Å². The summed E-state index contributed by atoms with van der Waals surface area (Å²) in [7, 11) is 0. The van der Waals surface area contributed by atoms with Crippen LogP contribution in [0.5, 0.6) is 5.75 Å². The van der Waals surface area contributed by atoms with E-state index in [1.807, 2.05) is 30.9 Å². The molecule has 0 unspecified atom stereocenters. The molecule has 2 aromatic carbocycles. The molecule has 2 heterocycles. The van der Waals surface area contributed by atoms with E-state index >= 15 is 0 Å². The van der Waals surface area contributed by atoms with Crippen LogP contribution in [0.15, 0.2) is 42.5 Å². The maximum atomic E-state index is 12.7. The lowest BCUT2D eigenvalue weighted by atomic mass is 10.0. The van der Waals surface area contributed by atoms with Crippen LogP contribution in [-0.4, -0.2) is 53.8 Å². The number of hydrogen-bond acceptors (Lipinski definition) is 5. The molecule has 1 saturated heterocycles. The Kier molecular flexibility index (Phi) is 6.63. The van der Waals surface area contributed by atoms with Gasteiger partial charge < -0.3 is 14.5 Å². The van der Waals surface area contributed by atoms with Crippen LogP contribution < -0.4 is 9.64 Å². The fourth-order valence-corrected chi connectivity index (χ4v) is 4.54. The molecule has 0 aliphatic carbocycles. The van der Waals surface area contributed by atoms with Gasteiger partial charge in [0.25, 0.3) is 5.91 Å². The molecule has 1 aromatic heterocycles. The molecular weight excluding hydrogens is 412 g/mol. The zero-order valence-corrected chi connectivity index (χ0v) is 20.2. The van der Waals surface area contributed by atoms with Crippen LogP contribution in [0.4, 0.5) is 5.82 Å². The number of piperazine rings is 1. The number of hydrogen-bond donors (Lipinski definition) is 0. The Hall–Kier alpha value is -3.41. The molecule has 1 amide bonds.